The van der Waals surface area contributed by atoms with Crippen LogP contribution in [0.5, 0.6) is 0 Å². The van der Waals surface area contributed by atoms with Crippen molar-refractivity contribution in [1.82, 2.24) is 9.88 Å². The summed E-state index contributed by atoms with van der Waals surface area (Å²) in [4.78, 5) is 18.8. The van der Waals surface area contributed by atoms with E-state index in [1.165, 1.54) is 0 Å². The third-order valence-electron chi connectivity index (χ3n) is 3.21. The Morgan fingerprint density at radius 2 is 2.20 bits per heavy atom. The Labute approximate surface area is 125 Å². The van der Waals surface area contributed by atoms with E-state index in [4.69, 9.17) is 11.6 Å². The number of carbonyl (C=O) groups is 1. The van der Waals surface area contributed by atoms with Gasteiger partial charge in [0.15, 0.2) is 0 Å². The van der Waals surface area contributed by atoms with Crippen molar-refractivity contribution in [2.45, 2.75) is 39.7 Å². The number of halogens is 1. The van der Waals surface area contributed by atoms with Crippen molar-refractivity contribution in [1.29, 1.82) is 0 Å². The number of hydrogen-bond donors (Lipinski definition) is 1. The largest absolute Gasteiger partial charge is 0.370 e. The normalized spacial score (nSPS) is 14.4. The van der Waals surface area contributed by atoms with Crippen molar-refractivity contribution in [2.24, 2.45) is 5.92 Å². The number of pyridine rings is 1. The first-order valence-electron chi connectivity index (χ1n) is 7.23. The minimum absolute atomic E-state index is 0.0599. The molecule has 0 radical (unpaired) electrons. The summed E-state index contributed by atoms with van der Waals surface area (Å²) < 4.78 is 0. The summed E-state index contributed by atoms with van der Waals surface area (Å²) in [5.41, 5.74) is 0.619. The van der Waals surface area contributed by atoms with Crippen molar-refractivity contribution < 1.29 is 4.79 Å². The second kappa shape index (κ2) is 6.44. The third kappa shape index (κ3) is 3.85. The van der Waals surface area contributed by atoms with Crippen LogP contribution < -0.4 is 5.32 Å². The number of aromatic nitrogens is 1. The van der Waals surface area contributed by atoms with Gasteiger partial charge in [0.2, 0.25) is 0 Å². The molecule has 0 spiro atoms. The number of carbonyl (C=O) groups excluding carboxylic acids is 1. The van der Waals surface area contributed by atoms with Gasteiger partial charge in [-0.15, -0.1) is 0 Å². The van der Waals surface area contributed by atoms with E-state index in [9.17, 15) is 4.79 Å². The predicted molar refractivity (Wildman–Crippen MR) is 82.3 cm³/mol. The second-order valence-electron chi connectivity index (χ2n) is 5.68. The summed E-state index contributed by atoms with van der Waals surface area (Å²) in [6.45, 7) is 7.79. The fraction of sp³-hybridized carbons (Fsp3) is 0.600. The second-order valence-corrected chi connectivity index (χ2v) is 6.06. The van der Waals surface area contributed by atoms with E-state index >= 15 is 0 Å². The highest BCUT2D eigenvalue weighted by molar-refractivity contribution is 6.29. The standard InChI is InChI=1S/C15H22ClN3O/c1-4-17-14-8-11(7-13(16)18-14)15(20)19(9-10(2)3)12-5-6-12/h7-8,10,12H,4-6,9H2,1-3H3,(H,17,18). The molecule has 1 aromatic heterocycles. The zero-order valence-electron chi connectivity index (χ0n) is 12.3. The maximum atomic E-state index is 12.7. The van der Waals surface area contributed by atoms with Crippen molar-refractivity contribution in [2.75, 3.05) is 18.4 Å². The lowest BCUT2D eigenvalue weighted by atomic mass is 10.1. The Morgan fingerprint density at radius 1 is 1.50 bits per heavy atom. The number of nitrogens with one attached hydrogen (secondary N) is 1. The molecule has 1 N–H and O–H groups in total. The minimum atomic E-state index is 0.0599. The molecule has 1 amide bonds. The first-order chi connectivity index (χ1) is 9.51. The molecule has 1 aromatic rings. The van der Waals surface area contributed by atoms with Gasteiger partial charge in [-0.05, 0) is 37.8 Å². The Hall–Kier alpha value is -1.29. The van der Waals surface area contributed by atoms with E-state index in [0.29, 0.717) is 28.5 Å². The van der Waals surface area contributed by atoms with Gasteiger partial charge in [0, 0.05) is 24.7 Å². The molecule has 110 valence electrons. The van der Waals surface area contributed by atoms with Crippen molar-refractivity contribution >= 4 is 23.3 Å². The van der Waals surface area contributed by atoms with Gasteiger partial charge in [-0.3, -0.25) is 4.79 Å². The monoisotopic (exact) mass is 295 g/mol. The van der Waals surface area contributed by atoms with Gasteiger partial charge in [0.1, 0.15) is 11.0 Å². The number of amides is 1. The first kappa shape index (κ1) is 15.1. The highest BCUT2D eigenvalue weighted by atomic mass is 35.5. The smallest absolute Gasteiger partial charge is 0.254 e. The van der Waals surface area contributed by atoms with E-state index < -0.39 is 0 Å². The summed E-state index contributed by atoms with van der Waals surface area (Å²) in [5, 5.41) is 3.46. The van der Waals surface area contributed by atoms with Crippen LogP contribution in [0.3, 0.4) is 0 Å². The zero-order chi connectivity index (χ0) is 14.7. The molecule has 0 atom stereocenters. The zero-order valence-corrected chi connectivity index (χ0v) is 13.1. The molecule has 5 heteroatoms. The summed E-state index contributed by atoms with van der Waals surface area (Å²) >= 11 is 6.01. The maximum Gasteiger partial charge on any atom is 0.254 e. The van der Waals surface area contributed by atoms with E-state index in [1.807, 2.05) is 11.8 Å². The molecule has 1 aliphatic carbocycles. The topological polar surface area (TPSA) is 45.2 Å². The molecule has 0 unspecified atom stereocenters. The van der Waals surface area contributed by atoms with Crippen molar-refractivity contribution in [3.63, 3.8) is 0 Å². The predicted octanol–water partition coefficient (Wildman–Crippen LogP) is 3.43. The van der Waals surface area contributed by atoms with Gasteiger partial charge in [-0.1, -0.05) is 25.4 Å². The molecule has 0 aliphatic heterocycles. The summed E-state index contributed by atoms with van der Waals surface area (Å²) in [6, 6.07) is 3.84. The van der Waals surface area contributed by atoms with Crippen LogP contribution in [-0.2, 0) is 0 Å². The Bertz CT molecular complexity index is 486. The lowest BCUT2D eigenvalue weighted by Crippen LogP contribution is -2.36. The molecule has 0 aromatic carbocycles. The lowest BCUT2D eigenvalue weighted by Gasteiger charge is -2.24. The fourth-order valence-corrected chi connectivity index (χ4v) is 2.44. The van der Waals surface area contributed by atoms with Crippen molar-refractivity contribution in [3.8, 4) is 0 Å². The average molecular weight is 296 g/mol. The minimum Gasteiger partial charge on any atom is -0.370 e. The van der Waals surface area contributed by atoms with Gasteiger partial charge >= 0.3 is 0 Å². The molecule has 1 heterocycles. The third-order valence-corrected chi connectivity index (χ3v) is 3.40. The molecule has 4 nitrogen and oxygen atoms in total. The summed E-state index contributed by atoms with van der Waals surface area (Å²) in [6.07, 6.45) is 2.22. The molecular weight excluding hydrogens is 274 g/mol. The highest BCUT2D eigenvalue weighted by Crippen LogP contribution is 2.29. The Kier molecular flexibility index (Phi) is 4.86. The number of hydrogen-bond acceptors (Lipinski definition) is 3. The van der Waals surface area contributed by atoms with E-state index in [2.05, 4.69) is 24.1 Å². The Morgan fingerprint density at radius 3 is 2.75 bits per heavy atom. The molecule has 0 saturated heterocycles. The SMILES string of the molecule is CCNc1cc(C(=O)N(CC(C)C)C2CC2)cc(Cl)n1. The summed E-state index contributed by atoms with van der Waals surface area (Å²) in [5.74, 6) is 1.18. The van der Waals surface area contributed by atoms with Gasteiger partial charge in [-0.25, -0.2) is 4.98 Å². The molecule has 1 fully saturated rings. The van der Waals surface area contributed by atoms with Gasteiger partial charge in [0.25, 0.3) is 5.91 Å². The van der Waals surface area contributed by atoms with Gasteiger partial charge < -0.3 is 10.2 Å². The van der Waals surface area contributed by atoms with Crippen LogP contribution in [0.25, 0.3) is 0 Å². The Balaban J connectivity index is 2.21. The lowest BCUT2D eigenvalue weighted by molar-refractivity contribution is 0.0722. The van der Waals surface area contributed by atoms with Gasteiger partial charge in [0.05, 0.1) is 0 Å². The van der Waals surface area contributed by atoms with Crippen LogP contribution in [0.4, 0.5) is 5.82 Å². The maximum absolute atomic E-state index is 12.7. The molecule has 20 heavy (non-hydrogen) atoms. The summed E-state index contributed by atoms with van der Waals surface area (Å²) in [7, 11) is 0. The quantitative estimate of drug-likeness (QED) is 0.818. The highest BCUT2D eigenvalue weighted by Gasteiger charge is 2.33. The van der Waals surface area contributed by atoms with E-state index in [0.717, 1.165) is 25.9 Å². The molecule has 2 rings (SSSR count). The first-order valence-corrected chi connectivity index (χ1v) is 7.61. The van der Waals surface area contributed by atoms with Crippen LogP contribution >= 0.6 is 11.6 Å². The van der Waals surface area contributed by atoms with Crippen LogP contribution in [0.1, 0.15) is 44.0 Å². The molecular formula is C15H22ClN3O. The number of anilines is 1. The van der Waals surface area contributed by atoms with E-state index in [1.54, 1.807) is 12.1 Å². The van der Waals surface area contributed by atoms with Crippen molar-refractivity contribution in [3.05, 3.63) is 22.8 Å². The number of nitrogens with zero attached hydrogens (tertiary/aromatic N) is 2. The molecule has 0 bridgehead atoms. The van der Waals surface area contributed by atoms with Crippen LogP contribution in [0.15, 0.2) is 12.1 Å². The van der Waals surface area contributed by atoms with Crippen LogP contribution in [-0.4, -0.2) is 34.9 Å². The average Bonchev–Trinajstić information content (AvgIpc) is 3.19. The van der Waals surface area contributed by atoms with Gasteiger partial charge in [-0.2, -0.15) is 0 Å². The molecule has 1 saturated carbocycles. The molecule has 1 aliphatic rings. The number of rotatable bonds is 6. The fourth-order valence-electron chi connectivity index (χ4n) is 2.24. The van der Waals surface area contributed by atoms with Crippen LogP contribution in [0.2, 0.25) is 5.15 Å². The van der Waals surface area contributed by atoms with Crippen LogP contribution in [0, 0.1) is 5.92 Å². The van der Waals surface area contributed by atoms with E-state index in [-0.39, 0.29) is 5.91 Å².